The summed E-state index contributed by atoms with van der Waals surface area (Å²) in [5.74, 6) is -0.0472. The van der Waals surface area contributed by atoms with Gasteiger partial charge in [0.1, 0.15) is 11.1 Å². The summed E-state index contributed by atoms with van der Waals surface area (Å²) in [5, 5.41) is 4.86. The van der Waals surface area contributed by atoms with Gasteiger partial charge in [-0.25, -0.2) is 0 Å². The van der Waals surface area contributed by atoms with Crippen molar-refractivity contribution in [2.45, 2.75) is 19.8 Å². The quantitative estimate of drug-likeness (QED) is 0.374. The molecule has 0 spiro atoms. The van der Waals surface area contributed by atoms with E-state index in [0.717, 1.165) is 40.3 Å². The lowest BCUT2D eigenvalue weighted by Crippen LogP contribution is -2.31. The number of carbonyl (C=O) groups excluding carboxylic acids is 2. The summed E-state index contributed by atoms with van der Waals surface area (Å²) in [4.78, 5) is 28.8. The Kier molecular flexibility index (Phi) is 3.76. The second-order valence-corrected chi connectivity index (χ2v) is 7.16. The summed E-state index contributed by atoms with van der Waals surface area (Å²) in [6.45, 7) is 2.78. The topological polar surface area (TPSA) is 65.8 Å². The molecular weight excluding hydrogens is 350 g/mol. The highest BCUT2D eigenvalue weighted by molar-refractivity contribution is 6.20. The molecule has 2 aromatic heterocycles. The van der Waals surface area contributed by atoms with E-state index in [0.29, 0.717) is 23.4 Å². The van der Waals surface area contributed by atoms with Crippen molar-refractivity contribution in [2.75, 3.05) is 6.54 Å². The molecule has 0 saturated carbocycles. The highest BCUT2D eigenvalue weighted by Gasteiger charge is 2.37. The number of benzene rings is 2. The van der Waals surface area contributed by atoms with Crippen molar-refractivity contribution in [3.63, 3.8) is 0 Å². The van der Waals surface area contributed by atoms with Crippen LogP contribution < -0.4 is 9.88 Å². The predicted octanol–water partition coefficient (Wildman–Crippen LogP) is 3.67. The number of unbranched alkanes of at least 4 members (excludes halogenated alkanes) is 1. The zero-order valence-corrected chi connectivity index (χ0v) is 15.6. The maximum absolute atomic E-state index is 13.0. The Bertz CT molecular complexity index is 1270. The van der Waals surface area contributed by atoms with E-state index >= 15 is 0 Å². The smallest absolute Gasteiger partial charge is 0.284 e. The molecule has 3 heterocycles. The van der Waals surface area contributed by atoms with Gasteiger partial charge in [-0.2, -0.15) is 4.57 Å². The molecule has 28 heavy (non-hydrogen) atoms. The Hall–Kier alpha value is -3.47. The number of carbonyl (C=O) groups is 2. The average Bonchev–Trinajstić information content (AvgIpc) is 3.23. The first kappa shape index (κ1) is 16.7. The average molecular weight is 370 g/mol. The Morgan fingerprint density at radius 2 is 1.96 bits per heavy atom. The zero-order chi connectivity index (χ0) is 19.3. The fraction of sp³-hybridized carbons (Fsp3) is 0.174. The second-order valence-electron chi connectivity index (χ2n) is 7.16. The van der Waals surface area contributed by atoms with Gasteiger partial charge in [-0.05, 0) is 30.7 Å². The highest BCUT2D eigenvalue weighted by Crippen LogP contribution is 2.31. The maximum Gasteiger partial charge on any atom is 0.284 e. The van der Waals surface area contributed by atoms with E-state index in [1.54, 1.807) is 0 Å². The number of H-pyrrole nitrogens is 1. The number of aromatic amines is 1. The van der Waals surface area contributed by atoms with E-state index in [1.807, 2.05) is 59.3 Å². The lowest BCUT2D eigenvalue weighted by Gasteiger charge is -2.04. The van der Waals surface area contributed by atoms with Gasteiger partial charge in [-0.15, -0.1) is 0 Å². The molecule has 138 valence electrons. The van der Waals surface area contributed by atoms with E-state index in [1.165, 1.54) is 0 Å². The van der Waals surface area contributed by atoms with E-state index in [-0.39, 0.29) is 11.7 Å². The molecule has 5 heteroatoms. The van der Waals surface area contributed by atoms with Gasteiger partial charge in [0.15, 0.2) is 6.20 Å². The fourth-order valence-corrected chi connectivity index (χ4v) is 3.97. The van der Waals surface area contributed by atoms with Crippen LogP contribution in [-0.2, 0) is 0 Å². The Balaban J connectivity index is 1.64. The van der Waals surface area contributed by atoms with Crippen molar-refractivity contribution >= 4 is 33.5 Å². The van der Waals surface area contributed by atoms with Crippen molar-refractivity contribution in [2.24, 2.45) is 0 Å². The number of rotatable bonds is 4. The fourth-order valence-electron chi connectivity index (χ4n) is 3.97. The third-order valence-corrected chi connectivity index (χ3v) is 5.41. The molecule has 0 atom stereocenters. The van der Waals surface area contributed by atoms with Gasteiger partial charge in [-0.3, -0.25) is 9.59 Å². The van der Waals surface area contributed by atoms with Crippen molar-refractivity contribution < 1.29 is 14.2 Å². The number of aromatic nitrogens is 2. The molecule has 2 aromatic carbocycles. The molecule has 1 aliphatic rings. The van der Waals surface area contributed by atoms with Crippen LogP contribution in [0.15, 0.2) is 54.7 Å². The van der Waals surface area contributed by atoms with Crippen LogP contribution in [0, 0.1) is 0 Å². The molecule has 0 fully saturated rings. The van der Waals surface area contributed by atoms with Crippen LogP contribution in [0.4, 0.5) is 0 Å². The summed E-state index contributed by atoms with van der Waals surface area (Å²) in [6, 6.07) is 15.3. The van der Waals surface area contributed by atoms with Gasteiger partial charge in [0.05, 0.1) is 0 Å². The number of para-hydroxylation sites is 1. The summed E-state index contributed by atoms with van der Waals surface area (Å²) in [6.07, 6.45) is 3.94. The molecule has 0 aliphatic carbocycles. The minimum Gasteiger partial charge on any atom is -0.352 e. The number of hydrogen-bond acceptors (Lipinski definition) is 2. The number of pyridine rings is 1. The third kappa shape index (κ3) is 2.36. The van der Waals surface area contributed by atoms with Crippen LogP contribution in [0.5, 0.6) is 0 Å². The van der Waals surface area contributed by atoms with Crippen LogP contribution in [0.2, 0.25) is 0 Å². The number of nitrogens with zero attached hydrogens (tertiary/aromatic N) is 1. The lowest BCUT2D eigenvalue weighted by atomic mass is 10.1. The number of nitrogens with one attached hydrogen (secondary N) is 2. The summed E-state index contributed by atoms with van der Waals surface area (Å²) < 4.78 is 1.94. The molecular formula is C23H20N3O2+. The number of fused-ring (bicyclic) bond motifs is 7. The predicted molar refractivity (Wildman–Crippen MR) is 108 cm³/mol. The Labute approximate surface area is 162 Å². The van der Waals surface area contributed by atoms with Crippen LogP contribution in [0.25, 0.3) is 27.5 Å². The van der Waals surface area contributed by atoms with Crippen LogP contribution >= 0.6 is 0 Å². The first-order chi connectivity index (χ1) is 13.7. The first-order valence-corrected chi connectivity index (χ1v) is 9.61. The maximum atomic E-state index is 13.0. The molecule has 2 N–H and O–H groups in total. The molecule has 5 nitrogen and oxygen atoms in total. The third-order valence-electron chi connectivity index (χ3n) is 5.41. The largest absolute Gasteiger partial charge is 0.352 e. The Morgan fingerprint density at radius 1 is 1.11 bits per heavy atom. The van der Waals surface area contributed by atoms with Crippen molar-refractivity contribution in [3.05, 3.63) is 71.5 Å². The molecule has 0 saturated heterocycles. The minimum atomic E-state index is -0.0660. The minimum absolute atomic E-state index is 0.0188. The number of ketones is 1. The molecule has 4 aromatic rings. The van der Waals surface area contributed by atoms with Gasteiger partial charge >= 0.3 is 0 Å². The van der Waals surface area contributed by atoms with E-state index < -0.39 is 0 Å². The monoisotopic (exact) mass is 370 g/mol. The SMILES string of the molecule is CCCCNC(=O)c1ccc2[nH]c3c4[n+](ccc3c2c1)-c1ccccc1C4=O. The molecule has 5 rings (SSSR count). The first-order valence-electron chi connectivity index (χ1n) is 9.61. The van der Waals surface area contributed by atoms with Crippen LogP contribution in [-0.4, -0.2) is 23.2 Å². The lowest BCUT2D eigenvalue weighted by molar-refractivity contribution is -0.592. The molecule has 0 bridgehead atoms. The number of hydrogen-bond donors (Lipinski definition) is 2. The molecule has 1 aliphatic heterocycles. The highest BCUT2D eigenvalue weighted by atomic mass is 16.1. The van der Waals surface area contributed by atoms with Gasteiger partial charge in [-0.1, -0.05) is 25.5 Å². The second kappa shape index (κ2) is 6.30. The normalized spacial score (nSPS) is 12.4. The van der Waals surface area contributed by atoms with Crippen LogP contribution in [0.1, 0.15) is 46.2 Å². The van der Waals surface area contributed by atoms with E-state index in [2.05, 4.69) is 17.2 Å². The van der Waals surface area contributed by atoms with Gasteiger partial charge < -0.3 is 10.3 Å². The summed E-state index contributed by atoms with van der Waals surface area (Å²) in [7, 11) is 0. The number of amides is 1. The van der Waals surface area contributed by atoms with Crippen molar-refractivity contribution in [1.82, 2.24) is 10.3 Å². The summed E-state index contributed by atoms with van der Waals surface area (Å²) in [5.41, 5.74) is 4.61. The summed E-state index contributed by atoms with van der Waals surface area (Å²) >= 11 is 0. The van der Waals surface area contributed by atoms with Gasteiger partial charge in [0, 0.05) is 40.5 Å². The Morgan fingerprint density at radius 3 is 2.82 bits per heavy atom. The van der Waals surface area contributed by atoms with Crippen LogP contribution in [0.3, 0.4) is 0 Å². The van der Waals surface area contributed by atoms with E-state index in [4.69, 9.17) is 0 Å². The molecule has 0 unspecified atom stereocenters. The zero-order valence-electron chi connectivity index (χ0n) is 15.6. The molecule has 0 radical (unpaired) electrons. The van der Waals surface area contributed by atoms with Gasteiger partial charge in [0.25, 0.3) is 17.4 Å². The standard InChI is InChI=1S/C23H19N3O2/c1-2-3-11-24-23(28)14-8-9-18-17(13-14)15-10-12-26-19-7-5-4-6-16(19)22(27)21(26)20(15)25-18/h4-10,12-13H,2-3,11H2,1H3,(H,24,28)/p+1. The van der Waals surface area contributed by atoms with Crippen molar-refractivity contribution in [3.8, 4) is 5.69 Å². The molecule has 1 amide bonds. The van der Waals surface area contributed by atoms with E-state index in [9.17, 15) is 9.59 Å². The van der Waals surface area contributed by atoms with Crippen molar-refractivity contribution in [1.29, 1.82) is 0 Å². The van der Waals surface area contributed by atoms with Gasteiger partial charge in [0.2, 0.25) is 5.69 Å².